The minimum absolute atomic E-state index is 0.0508. The summed E-state index contributed by atoms with van der Waals surface area (Å²) in [4.78, 5) is 15.6. The second kappa shape index (κ2) is 5.30. The van der Waals surface area contributed by atoms with Crippen LogP contribution >= 0.6 is 0 Å². The maximum atomic E-state index is 11.7. The van der Waals surface area contributed by atoms with Crippen molar-refractivity contribution in [3.05, 3.63) is 65.7 Å². The molecule has 2 aromatic carbocycles. The third-order valence-electron chi connectivity index (χ3n) is 5.29. The topological polar surface area (TPSA) is 43.8 Å². The molecule has 2 aromatic rings. The zero-order chi connectivity index (χ0) is 16.0. The number of para-hydroxylation sites is 1. The molecule has 1 amide bonds. The van der Waals surface area contributed by atoms with Crippen LogP contribution < -0.4 is 4.90 Å². The number of likely N-dealkylation sites (tertiary alicyclic amines) is 1. The second-order valence-corrected chi connectivity index (χ2v) is 6.40. The highest BCUT2D eigenvalue weighted by molar-refractivity contribution is 5.69. The Morgan fingerprint density at radius 1 is 1.04 bits per heavy atom. The third kappa shape index (κ3) is 2.09. The summed E-state index contributed by atoms with van der Waals surface area (Å²) in [6.07, 6.45) is 0.0820. The Bertz CT molecular complexity index is 731. The van der Waals surface area contributed by atoms with Gasteiger partial charge >= 0.3 is 6.09 Å². The molecule has 0 aliphatic carbocycles. The van der Waals surface area contributed by atoms with Gasteiger partial charge in [0, 0.05) is 25.2 Å². The summed E-state index contributed by atoms with van der Waals surface area (Å²) < 4.78 is 0. The van der Waals surface area contributed by atoms with Crippen molar-refractivity contribution < 1.29 is 9.90 Å². The average molecular weight is 308 g/mol. The van der Waals surface area contributed by atoms with Crippen LogP contribution in [0.25, 0.3) is 0 Å². The number of carbonyl (C=O) groups is 1. The highest BCUT2D eigenvalue weighted by Crippen LogP contribution is 2.53. The van der Waals surface area contributed by atoms with Crippen molar-refractivity contribution in [2.75, 3.05) is 18.5 Å². The molecule has 0 saturated carbocycles. The van der Waals surface area contributed by atoms with Crippen molar-refractivity contribution in [1.82, 2.24) is 4.90 Å². The Balaban J connectivity index is 1.87. The predicted octanol–water partition coefficient (Wildman–Crippen LogP) is 3.92. The van der Waals surface area contributed by atoms with Gasteiger partial charge < -0.3 is 14.9 Å². The maximum Gasteiger partial charge on any atom is 0.407 e. The lowest BCUT2D eigenvalue weighted by Crippen LogP contribution is -2.41. The third-order valence-corrected chi connectivity index (χ3v) is 5.29. The zero-order valence-corrected chi connectivity index (χ0v) is 13.1. The van der Waals surface area contributed by atoms with E-state index in [9.17, 15) is 9.90 Å². The van der Waals surface area contributed by atoms with Gasteiger partial charge in [-0.25, -0.2) is 4.79 Å². The van der Waals surface area contributed by atoms with Crippen LogP contribution in [-0.4, -0.2) is 29.7 Å². The van der Waals surface area contributed by atoms with Crippen molar-refractivity contribution >= 4 is 11.8 Å². The normalized spacial score (nSPS) is 25.9. The molecule has 1 N–H and O–H groups in total. The van der Waals surface area contributed by atoms with E-state index in [4.69, 9.17) is 0 Å². The zero-order valence-electron chi connectivity index (χ0n) is 13.1. The first kappa shape index (κ1) is 14.1. The Morgan fingerprint density at radius 3 is 2.48 bits per heavy atom. The van der Waals surface area contributed by atoms with E-state index in [1.54, 1.807) is 4.90 Å². The van der Waals surface area contributed by atoms with Crippen LogP contribution in [0.15, 0.2) is 54.6 Å². The van der Waals surface area contributed by atoms with Crippen LogP contribution in [0.5, 0.6) is 0 Å². The number of carboxylic acid groups (broad SMARTS) is 1. The van der Waals surface area contributed by atoms with Gasteiger partial charge in [0.05, 0.1) is 12.1 Å². The van der Waals surface area contributed by atoms with E-state index in [1.165, 1.54) is 5.56 Å². The van der Waals surface area contributed by atoms with Gasteiger partial charge in [0.2, 0.25) is 0 Å². The average Bonchev–Trinajstić information content (AvgIpc) is 3.01. The summed E-state index contributed by atoms with van der Waals surface area (Å²) in [5, 5.41) is 9.61. The number of fused-ring (bicyclic) bond motifs is 3. The first-order valence-electron chi connectivity index (χ1n) is 8.05. The van der Waals surface area contributed by atoms with E-state index in [2.05, 4.69) is 48.3 Å². The molecule has 118 valence electrons. The Kier molecular flexibility index (Phi) is 3.26. The van der Waals surface area contributed by atoms with Crippen molar-refractivity contribution in [2.45, 2.75) is 18.5 Å². The summed E-state index contributed by atoms with van der Waals surface area (Å²) in [6, 6.07) is 18.8. The van der Waals surface area contributed by atoms with Gasteiger partial charge in [-0.1, -0.05) is 48.5 Å². The summed E-state index contributed by atoms with van der Waals surface area (Å²) in [7, 11) is 2.12. The van der Waals surface area contributed by atoms with Crippen LogP contribution in [0.3, 0.4) is 0 Å². The molecule has 3 unspecified atom stereocenters. The van der Waals surface area contributed by atoms with Crippen molar-refractivity contribution in [3.8, 4) is 0 Å². The van der Waals surface area contributed by atoms with Crippen LogP contribution in [-0.2, 0) is 0 Å². The van der Waals surface area contributed by atoms with E-state index in [1.807, 2.05) is 18.2 Å². The fraction of sp³-hybridized carbons (Fsp3) is 0.316. The van der Waals surface area contributed by atoms with Gasteiger partial charge in [-0.2, -0.15) is 0 Å². The summed E-state index contributed by atoms with van der Waals surface area (Å²) in [5.41, 5.74) is 3.52. The largest absolute Gasteiger partial charge is 0.465 e. The van der Waals surface area contributed by atoms with Crippen molar-refractivity contribution in [3.63, 3.8) is 0 Å². The molecule has 3 atom stereocenters. The van der Waals surface area contributed by atoms with E-state index in [-0.39, 0.29) is 18.0 Å². The lowest BCUT2D eigenvalue weighted by atomic mass is 9.79. The fourth-order valence-corrected chi connectivity index (χ4v) is 4.38. The van der Waals surface area contributed by atoms with Gasteiger partial charge in [-0.3, -0.25) is 0 Å². The summed E-state index contributed by atoms with van der Waals surface area (Å²) in [5.74, 6) is 0.286. The van der Waals surface area contributed by atoms with E-state index >= 15 is 0 Å². The molecule has 2 aliphatic rings. The number of anilines is 1. The van der Waals surface area contributed by atoms with Crippen molar-refractivity contribution in [1.29, 1.82) is 0 Å². The van der Waals surface area contributed by atoms with Crippen LogP contribution in [0, 0.1) is 5.92 Å². The molecule has 0 bridgehead atoms. The highest BCUT2D eigenvalue weighted by Gasteiger charge is 2.48. The van der Waals surface area contributed by atoms with E-state index in [0.717, 1.165) is 17.7 Å². The second-order valence-electron chi connectivity index (χ2n) is 6.40. The molecule has 1 saturated heterocycles. The van der Waals surface area contributed by atoms with Gasteiger partial charge in [-0.15, -0.1) is 0 Å². The molecule has 4 heteroatoms. The molecule has 2 heterocycles. The van der Waals surface area contributed by atoms with Gasteiger partial charge in [-0.05, 0) is 23.6 Å². The van der Waals surface area contributed by atoms with Gasteiger partial charge in [0.25, 0.3) is 0 Å². The molecule has 0 aromatic heterocycles. The van der Waals surface area contributed by atoms with Crippen LogP contribution in [0.2, 0.25) is 0 Å². The number of hydrogen-bond donors (Lipinski definition) is 1. The Morgan fingerprint density at radius 2 is 1.74 bits per heavy atom. The van der Waals surface area contributed by atoms with Crippen molar-refractivity contribution in [2.24, 2.45) is 5.92 Å². The monoisotopic (exact) mass is 308 g/mol. The lowest BCUT2D eigenvalue weighted by Gasteiger charge is -2.45. The molecule has 4 rings (SSSR count). The van der Waals surface area contributed by atoms with Gasteiger partial charge in [0.15, 0.2) is 0 Å². The molecule has 2 aliphatic heterocycles. The first-order valence-corrected chi connectivity index (χ1v) is 8.05. The maximum absolute atomic E-state index is 11.7. The highest BCUT2D eigenvalue weighted by atomic mass is 16.4. The summed E-state index contributed by atoms with van der Waals surface area (Å²) in [6.45, 7) is 0.607. The van der Waals surface area contributed by atoms with Gasteiger partial charge in [0.1, 0.15) is 0 Å². The minimum Gasteiger partial charge on any atom is -0.465 e. The van der Waals surface area contributed by atoms with Crippen LogP contribution in [0.4, 0.5) is 10.5 Å². The number of amides is 1. The SMILES string of the molecule is CN1c2ccccc2C2C(CCN2C(=O)O)C1c1ccccc1. The number of hydrogen-bond acceptors (Lipinski definition) is 2. The molecule has 4 nitrogen and oxygen atoms in total. The van der Waals surface area contributed by atoms with E-state index in [0.29, 0.717) is 6.54 Å². The minimum atomic E-state index is -0.816. The van der Waals surface area contributed by atoms with E-state index < -0.39 is 6.09 Å². The molecular formula is C19H20N2O2. The number of nitrogens with zero attached hydrogens (tertiary/aromatic N) is 2. The predicted molar refractivity (Wildman–Crippen MR) is 89.6 cm³/mol. The quantitative estimate of drug-likeness (QED) is 0.868. The Labute approximate surface area is 136 Å². The number of rotatable bonds is 1. The fourth-order valence-electron chi connectivity index (χ4n) is 4.38. The molecule has 0 spiro atoms. The van der Waals surface area contributed by atoms with Crippen LogP contribution in [0.1, 0.15) is 29.6 Å². The lowest BCUT2D eigenvalue weighted by molar-refractivity contribution is 0.130. The molecular weight excluding hydrogens is 288 g/mol. The molecule has 23 heavy (non-hydrogen) atoms. The molecule has 1 fully saturated rings. The Hall–Kier alpha value is -2.49. The molecule has 0 radical (unpaired) electrons. The smallest absolute Gasteiger partial charge is 0.407 e. The first-order chi connectivity index (χ1) is 11.2. The standard InChI is InChI=1S/C19H20N2O2/c1-20-16-10-6-5-9-14(16)18-15(11-12-21(18)19(22)23)17(20)13-7-3-2-4-8-13/h2-10,15,17-18H,11-12H2,1H3,(H,22,23). The summed E-state index contributed by atoms with van der Waals surface area (Å²) >= 11 is 0. The number of benzene rings is 2.